The van der Waals surface area contributed by atoms with Gasteiger partial charge in [-0.15, -0.1) is 16.2 Å². The highest BCUT2D eigenvalue weighted by atomic mass is 32.2. The minimum Gasteiger partial charge on any atom is -0.326 e. The van der Waals surface area contributed by atoms with Gasteiger partial charge in [0.05, 0.1) is 16.2 Å². The lowest BCUT2D eigenvalue weighted by Crippen LogP contribution is -2.41. The van der Waals surface area contributed by atoms with Crippen molar-refractivity contribution in [3.05, 3.63) is 45.1 Å². The number of aryl methyl sites for hydroxylation is 1. The first-order valence-corrected chi connectivity index (χ1v) is 11.5. The third kappa shape index (κ3) is 3.69. The maximum Gasteiger partial charge on any atom is 0.276 e. The molecule has 28 heavy (non-hydrogen) atoms. The Kier molecular flexibility index (Phi) is 4.98. The smallest absolute Gasteiger partial charge is 0.276 e. The molecule has 2 heterocycles. The molecule has 9 heteroatoms. The summed E-state index contributed by atoms with van der Waals surface area (Å²) in [5.41, 5.74) is 4.73. The van der Waals surface area contributed by atoms with Crippen LogP contribution >= 0.6 is 11.3 Å². The average molecular weight is 420 g/mol. The summed E-state index contributed by atoms with van der Waals surface area (Å²) in [6.45, 7) is 2.18. The van der Waals surface area contributed by atoms with Gasteiger partial charge in [0.25, 0.3) is 15.9 Å². The van der Waals surface area contributed by atoms with Crippen LogP contribution in [0.25, 0.3) is 0 Å². The van der Waals surface area contributed by atoms with Gasteiger partial charge in [-0.25, -0.2) is 8.42 Å². The molecule has 1 aromatic carbocycles. The van der Waals surface area contributed by atoms with Gasteiger partial charge in [-0.1, -0.05) is 13.3 Å². The van der Waals surface area contributed by atoms with E-state index in [2.05, 4.69) is 22.5 Å². The molecule has 2 aliphatic rings. The van der Waals surface area contributed by atoms with Crippen LogP contribution in [0.5, 0.6) is 0 Å². The predicted molar refractivity (Wildman–Crippen MR) is 107 cm³/mol. The number of fused-ring (bicyclic) bond motifs is 2. The number of amides is 2. The third-order valence-electron chi connectivity index (χ3n) is 5.30. The molecule has 7 nitrogen and oxygen atoms in total. The van der Waals surface area contributed by atoms with E-state index in [0.717, 1.165) is 25.7 Å². The van der Waals surface area contributed by atoms with Crippen LogP contribution in [0.2, 0.25) is 0 Å². The highest BCUT2D eigenvalue weighted by Gasteiger charge is 2.24. The van der Waals surface area contributed by atoms with Crippen LogP contribution in [0.4, 0.5) is 5.69 Å². The van der Waals surface area contributed by atoms with Crippen molar-refractivity contribution < 1.29 is 18.0 Å². The molecule has 0 fully saturated rings. The fourth-order valence-corrected chi connectivity index (χ4v) is 5.66. The van der Waals surface area contributed by atoms with Crippen LogP contribution in [-0.2, 0) is 34.1 Å². The molecule has 0 spiro atoms. The quantitative estimate of drug-likeness (QED) is 0.647. The Balaban J connectivity index is 1.44. The van der Waals surface area contributed by atoms with Crippen molar-refractivity contribution in [1.82, 2.24) is 10.3 Å². The van der Waals surface area contributed by atoms with Crippen LogP contribution in [0.3, 0.4) is 0 Å². The van der Waals surface area contributed by atoms with Gasteiger partial charge in [0, 0.05) is 10.6 Å². The molecule has 0 saturated carbocycles. The van der Waals surface area contributed by atoms with E-state index in [1.165, 1.54) is 33.9 Å². The fourth-order valence-electron chi connectivity index (χ4n) is 3.67. The monoisotopic (exact) mass is 419 g/mol. The summed E-state index contributed by atoms with van der Waals surface area (Å²) in [5.74, 6) is 0.0181. The molecule has 3 N–H and O–H groups in total. The minimum atomic E-state index is -3.93. The zero-order valence-corrected chi connectivity index (χ0v) is 17.0. The number of carbonyl (C=O) groups excluding carboxylic acids is 2. The number of hydrogen-bond acceptors (Lipinski definition) is 5. The fraction of sp³-hybridized carbons (Fsp3) is 0.368. The van der Waals surface area contributed by atoms with E-state index >= 15 is 0 Å². The standard InChI is InChI=1S/C19H21N3O4S2/c1-2-11-3-6-16-13(7-11)9-17(27-16)19(24)21-22-28(25,26)14-4-5-15-12(8-14)10-18(23)20-15/h4-5,8-9,11,22H,2-3,6-7,10H2,1H3,(H,20,23)(H,21,24)/t11-/m0/s1. The molecule has 1 aliphatic heterocycles. The van der Waals surface area contributed by atoms with Gasteiger partial charge in [0.1, 0.15) is 0 Å². The molecule has 2 aromatic rings. The summed E-state index contributed by atoms with van der Waals surface area (Å²) in [4.78, 5) is 27.7. The lowest BCUT2D eigenvalue weighted by Gasteiger charge is -2.19. The zero-order chi connectivity index (χ0) is 19.9. The van der Waals surface area contributed by atoms with Gasteiger partial charge in [0.2, 0.25) is 5.91 Å². The first kappa shape index (κ1) is 19.1. The number of nitrogens with one attached hydrogen (secondary N) is 3. The Morgan fingerprint density at radius 1 is 1.29 bits per heavy atom. The molecule has 1 aliphatic carbocycles. The van der Waals surface area contributed by atoms with E-state index in [0.29, 0.717) is 22.0 Å². The lowest BCUT2D eigenvalue weighted by molar-refractivity contribution is -0.115. The Hall–Kier alpha value is -2.23. The highest BCUT2D eigenvalue weighted by molar-refractivity contribution is 7.89. The Bertz CT molecular complexity index is 1060. The summed E-state index contributed by atoms with van der Waals surface area (Å²) in [6, 6.07) is 6.26. The van der Waals surface area contributed by atoms with Crippen molar-refractivity contribution in [2.24, 2.45) is 5.92 Å². The number of carbonyl (C=O) groups is 2. The third-order valence-corrected chi connectivity index (χ3v) is 7.78. The van der Waals surface area contributed by atoms with E-state index in [4.69, 9.17) is 0 Å². The Labute approximate surface area is 167 Å². The van der Waals surface area contributed by atoms with E-state index in [-0.39, 0.29) is 17.2 Å². The van der Waals surface area contributed by atoms with Crippen molar-refractivity contribution in [3.63, 3.8) is 0 Å². The first-order chi connectivity index (χ1) is 13.4. The topological polar surface area (TPSA) is 104 Å². The molecular formula is C19H21N3O4S2. The maximum absolute atomic E-state index is 12.5. The van der Waals surface area contributed by atoms with E-state index in [9.17, 15) is 18.0 Å². The first-order valence-electron chi connectivity index (χ1n) is 9.22. The summed E-state index contributed by atoms with van der Waals surface area (Å²) in [5, 5.41) is 2.66. The molecule has 0 bridgehead atoms. The SMILES string of the molecule is CC[C@H]1CCc2sc(C(=O)NNS(=O)(=O)c3ccc4c(c3)CC(=O)N4)cc2C1. The second-order valence-electron chi connectivity index (χ2n) is 7.18. The normalized spacial score (nSPS) is 18.3. The van der Waals surface area contributed by atoms with Crippen molar-refractivity contribution in [2.75, 3.05) is 5.32 Å². The summed E-state index contributed by atoms with van der Waals surface area (Å²) in [7, 11) is -3.93. The van der Waals surface area contributed by atoms with E-state index < -0.39 is 15.9 Å². The minimum absolute atomic E-state index is 0.000637. The van der Waals surface area contributed by atoms with Gasteiger partial charge in [-0.3, -0.25) is 15.0 Å². The maximum atomic E-state index is 12.5. The Morgan fingerprint density at radius 3 is 2.89 bits per heavy atom. The number of anilines is 1. The van der Waals surface area contributed by atoms with Crippen molar-refractivity contribution >= 4 is 38.9 Å². The van der Waals surface area contributed by atoms with Gasteiger partial charge in [-0.2, -0.15) is 0 Å². The van der Waals surface area contributed by atoms with Crippen LogP contribution in [0, 0.1) is 5.92 Å². The summed E-state index contributed by atoms with van der Waals surface area (Å²) >= 11 is 1.43. The molecule has 2 amide bonds. The van der Waals surface area contributed by atoms with Crippen LogP contribution in [0.1, 0.15) is 45.4 Å². The Morgan fingerprint density at radius 2 is 2.11 bits per heavy atom. The van der Waals surface area contributed by atoms with Crippen molar-refractivity contribution in [3.8, 4) is 0 Å². The number of rotatable bonds is 5. The summed E-state index contributed by atoms with van der Waals surface area (Å²) < 4.78 is 25.0. The van der Waals surface area contributed by atoms with Gasteiger partial charge in [-0.05, 0) is 60.6 Å². The number of sulfonamides is 1. The van der Waals surface area contributed by atoms with Crippen LogP contribution in [0.15, 0.2) is 29.2 Å². The molecule has 1 atom stereocenters. The zero-order valence-electron chi connectivity index (χ0n) is 15.4. The van der Waals surface area contributed by atoms with E-state index in [1.54, 1.807) is 6.07 Å². The lowest BCUT2D eigenvalue weighted by atomic mass is 9.87. The van der Waals surface area contributed by atoms with Crippen LogP contribution < -0.4 is 15.6 Å². The van der Waals surface area contributed by atoms with Gasteiger partial charge in [0.15, 0.2) is 0 Å². The average Bonchev–Trinajstić information content (AvgIpc) is 3.26. The van der Waals surface area contributed by atoms with E-state index in [1.807, 2.05) is 6.07 Å². The number of benzene rings is 1. The molecular weight excluding hydrogens is 398 g/mol. The predicted octanol–water partition coefficient (Wildman–Crippen LogP) is 2.38. The molecule has 148 valence electrons. The molecule has 4 rings (SSSR count). The second kappa shape index (κ2) is 7.31. The van der Waals surface area contributed by atoms with Crippen LogP contribution in [-0.4, -0.2) is 20.2 Å². The van der Waals surface area contributed by atoms with Gasteiger partial charge >= 0.3 is 0 Å². The molecule has 1 aromatic heterocycles. The summed E-state index contributed by atoms with van der Waals surface area (Å²) in [6.07, 6.45) is 4.35. The number of hydrazine groups is 1. The highest BCUT2D eigenvalue weighted by Crippen LogP contribution is 2.33. The molecule has 0 unspecified atom stereocenters. The second-order valence-corrected chi connectivity index (χ2v) is 10.00. The van der Waals surface area contributed by atoms with Gasteiger partial charge < -0.3 is 5.32 Å². The molecule has 0 radical (unpaired) electrons. The largest absolute Gasteiger partial charge is 0.326 e. The number of hydrogen-bond donors (Lipinski definition) is 3. The van der Waals surface area contributed by atoms with Crippen molar-refractivity contribution in [1.29, 1.82) is 0 Å². The van der Waals surface area contributed by atoms with Crippen molar-refractivity contribution in [2.45, 2.75) is 43.9 Å². The molecule has 0 saturated heterocycles. The number of thiophene rings is 1.